The molecule has 0 amide bonds. The van der Waals surface area contributed by atoms with Gasteiger partial charge in [0.15, 0.2) is 11.5 Å². The number of carbonyl (C=O) groups is 1. The lowest BCUT2D eigenvalue weighted by atomic mass is 9.73. The van der Waals surface area contributed by atoms with Crippen molar-refractivity contribution in [3.63, 3.8) is 0 Å². The number of fused-ring (bicyclic) bond motifs is 8. The summed E-state index contributed by atoms with van der Waals surface area (Å²) in [6, 6.07) is 9.62. The van der Waals surface area contributed by atoms with Crippen LogP contribution in [0.1, 0.15) is 105 Å². The Hall–Kier alpha value is -4.68. The minimum atomic E-state index is -1.05. The van der Waals surface area contributed by atoms with Crippen molar-refractivity contribution in [2.24, 2.45) is 22.1 Å². The van der Waals surface area contributed by atoms with Gasteiger partial charge in [0.05, 0.1) is 23.2 Å². The first-order valence-electron chi connectivity index (χ1n) is 19.4. The zero-order chi connectivity index (χ0) is 37.4. The number of aliphatic hydroxyl groups excluding tert-OH is 3. The molecule has 6 aliphatic rings. The normalized spacial score (nSPS) is 26.5. The summed E-state index contributed by atoms with van der Waals surface area (Å²) in [5, 5.41) is 35.5. The summed E-state index contributed by atoms with van der Waals surface area (Å²) in [5.74, 6) is 11.0. The van der Waals surface area contributed by atoms with E-state index in [1.54, 1.807) is 0 Å². The van der Waals surface area contributed by atoms with Gasteiger partial charge in [-0.2, -0.15) is 0 Å². The van der Waals surface area contributed by atoms with Crippen LogP contribution >= 0.6 is 0 Å². The number of hydrogen-bond acceptors (Lipinski definition) is 9. The van der Waals surface area contributed by atoms with Gasteiger partial charge in [0.2, 0.25) is 0 Å². The molecule has 0 saturated heterocycles. The van der Waals surface area contributed by atoms with Crippen molar-refractivity contribution in [2.75, 3.05) is 6.54 Å². The highest BCUT2D eigenvalue weighted by atomic mass is 16.5. The third-order valence-electron chi connectivity index (χ3n) is 11.9. The molecular weight excluding hydrogens is 681 g/mol. The number of carbonyl (C=O) groups excluding carboxylic acids is 1. The molecule has 2 aromatic carbocycles. The lowest BCUT2D eigenvalue weighted by Gasteiger charge is -2.36. The summed E-state index contributed by atoms with van der Waals surface area (Å²) in [6.45, 7) is 2.59. The van der Waals surface area contributed by atoms with E-state index >= 15 is 0 Å². The standard InChI is InChI=1S/C44H48N4O6/c1-2-5-29(49)22-31(51)23-30(50)8-6-27-7-13-40-41(20-27)54-43-37(44(17-19-53-40)15-3-4-16-44)11-12-39(52)33-9-10-34-32(14-18-46-42(34)45)35(33)21-28-24-47-38-26-48(43)25-36(28)38/h7,9-10,13-14,18,20,24-25,29,31,37,39,42-43,46,49,51-52H,2-6,8,15-16,21-23,26,45H2,1H3/p+1. The number of ether oxygens (including phenoxy) is 2. The summed E-state index contributed by atoms with van der Waals surface area (Å²) in [6.07, 6.45) is 14.3. The van der Waals surface area contributed by atoms with Crippen LogP contribution in [0.3, 0.4) is 0 Å². The lowest BCUT2D eigenvalue weighted by Crippen LogP contribution is -3.13. The predicted molar refractivity (Wildman–Crippen MR) is 205 cm³/mol. The van der Waals surface area contributed by atoms with Crippen molar-refractivity contribution in [3.05, 3.63) is 87.9 Å². The Balaban J connectivity index is 1.14. The molecule has 0 radical (unpaired) electrons. The first-order chi connectivity index (χ1) is 26.2. The minimum Gasteiger partial charge on any atom is -0.437 e. The summed E-state index contributed by atoms with van der Waals surface area (Å²) in [7, 11) is 0. The van der Waals surface area contributed by atoms with E-state index in [9.17, 15) is 20.1 Å². The van der Waals surface area contributed by atoms with Crippen LogP contribution in [0.15, 0.2) is 65.1 Å². The average molecular weight is 730 g/mol. The number of nitrogens with zero attached hydrogens (tertiary/aromatic N) is 1. The second-order valence-electron chi connectivity index (χ2n) is 15.6. The molecule has 7 atom stereocenters. The number of ketones is 1. The highest BCUT2D eigenvalue weighted by Gasteiger charge is 2.51. The van der Waals surface area contributed by atoms with Crippen LogP contribution in [0.2, 0.25) is 0 Å². The van der Waals surface area contributed by atoms with Crippen LogP contribution in [-0.2, 0) is 17.6 Å². The third kappa shape index (κ3) is 7.13. The second kappa shape index (κ2) is 15.2. The van der Waals surface area contributed by atoms with E-state index < -0.39 is 30.0 Å². The minimum absolute atomic E-state index is 0.0129. The monoisotopic (exact) mass is 729 g/mol. The number of nitrogens with two attached hydrogens (primary N) is 1. The molecule has 5 aliphatic heterocycles. The Morgan fingerprint density at radius 1 is 1.13 bits per heavy atom. The number of Topliss-reactive ketones (excluding diaryl/α,β-unsaturated/α-hetero) is 1. The fraction of sp³-hybridized carbons (Fsp3) is 0.455. The van der Waals surface area contributed by atoms with E-state index in [4.69, 9.17) is 20.2 Å². The van der Waals surface area contributed by atoms with E-state index in [0.717, 1.165) is 81.7 Å². The third-order valence-corrected chi connectivity index (χ3v) is 11.9. The largest absolute Gasteiger partial charge is 0.437 e. The quantitative estimate of drug-likeness (QED) is 0.214. The molecule has 1 fully saturated rings. The number of benzene rings is 2. The highest BCUT2D eigenvalue weighted by Crippen LogP contribution is 2.47. The molecule has 7 N–H and O–H groups in total. The molecule has 1 aliphatic carbocycles. The van der Waals surface area contributed by atoms with Crippen LogP contribution in [0.25, 0.3) is 6.08 Å². The first-order valence-corrected chi connectivity index (χ1v) is 19.4. The molecular formula is C44H49N4O6+. The van der Waals surface area contributed by atoms with Gasteiger partial charge < -0.3 is 35.8 Å². The molecule has 54 heavy (non-hydrogen) atoms. The molecule has 10 heteroatoms. The molecule has 7 unspecified atom stereocenters. The van der Waals surface area contributed by atoms with Gasteiger partial charge in [-0.3, -0.25) is 14.7 Å². The zero-order valence-electron chi connectivity index (χ0n) is 30.7. The first kappa shape index (κ1) is 36.3. The van der Waals surface area contributed by atoms with Gasteiger partial charge in [0, 0.05) is 25.5 Å². The summed E-state index contributed by atoms with van der Waals surface area (Å²) >= 11 is 0. The van der Waals surface area contributed by atoms with Crippen molar-refractivity contribution in [1.29, 1.82) is 0 Å². The van der Waals surface area contributed by atoms with Gasteiger partial charge in [0.1, 0.15) is 48.5 Å². The smallest absolute Gasteiger partial charge is 0.252 e. The van der Waals surface area contributed by atoms with E-state index in [0.29, 0.717) is 37.3 Å². The molecule has 10 nitrogen and oxygen atoms in total. The van der Waals surface area contributed by atoms with Crippen LogP contribution < -0.4 is 25.4 Å². The molecule has 8 rings (SSSR count). The number of allylic oxidation sites excluding steroid dienone is 1. The highest BCUT2D eigenvalue weighted by molar-refractivity contribution is 6.08. The number of hydrogen-bond donors (Lipinski definition) is 6. The Bertz CT molecular complexity index is 2070. The number of nitrogens with one attached hydrogen (secondary N) is 2. The average Bonchev–Trinajstić information content (AvgIpc) is 3.89. The molecule has 280 valence electrons. The summed E-state index contributed by atoms with van der Waals surface area (Å²) < 4.78 is 13.2. The number of rotatable bonds is 9. The molecule has 5 heterocycles. The Morgan fingerprint density at radius 3 is 2.80 bits per heavy atom. The Labute approximate surface area is 316 Å². The number of aliphatic imine (C=N–C) groups is 1. The summed E-state index contributed by atoms with van der Waals surface area (Å²) in [4.78, 5) is 18.8. The maximum absolute atomic E-state index is 12.9. The summed E-state index contributed by atoms with van der Waals surface area (Å²) in [5.41, 5.74) is 13.7. The predicted octanol–water partition coefficient (Wildman–Crippen LogP) is 3.67. The van der Waals surface area contributed by atoms with Gasteiger partial charge in [-0.05, 0) is 89.9 Å². The maximum Gasteiger partial charge on any atom is 0.252 e. The van der Waals surface area contributed by atoms with Crippen LogP contribution in [0.5, 0.6) is 11.5 Å². The van der Waals surface area contributed by atoms with Crippen molar-refractivity contribution in [3.8, 4) is 35.4 Å². The molecule has 1 spiro atoms. The number of aliphatic hydroxyl groups is 3. The Morgan fingerprint density at radius 2 is 1.96 bits per heavy atom. The molecule has 2 bridgehead atoms. The zero-order valence-corrected chi connectivity index (χ0v) is 30.7. The van der Waals surface area contributed by atoms with Gasteiger partial charge in [-0.1, -0.05) is 62.1 Å². The SMILES string of the molecule is CCCC(O)CC(O)CC(=O)CCc1ccc2c(c1)OC1C(C#CC(O)c3ccc4c(c3CC3=CN=C5C[NH+]1C=C35)C=CNC4N)C1(C#CO2)CCCC1. The second-order valence-corrected chi connectivity index (χ2v) is 15.6. The van der Waals surface area contributed by atoms with Gasteiger partial charge in [0.25, 0.3) is 6.23 Å². The lowest BCUT2D eigenvalue weighted by molar-refractivity contribution is -0.888. The van der Waals surface area contributed by atoms with E-state index in [-0.39, 0.29) is 37.1 Å². The van der Waals surface area contributed by atoms with E-state index in [1.165, 1.54) is 0 Å². The fourth-order valence-corrected chi connectivity index (χ4v) is 9.01. The van der Waals surface area contributed by atoms with Gasteiger partial charge >= 0.3 is 0 Å². The molecule has 2 aromatic rings. The number of quaternary nitrogens is 1. The Kier molecular flexibility index (Phi) is 10.2. The van der Waals surface area contributed by atoms with Gasteiger partial charge in [-0.25, -0.2) is 0 Å². The van der Waals surface area contributed by atoms with E-state index in [2.05, 4.69) is 35.4 Å². The van der Waals surface area contributed by atoms with Crippen molar-refractivity contribution in [1.82, 2.24) is 5.32 Å². The van der Waals surface area contributed by atoms with Gasteiger partial charge in [-0.15, -0.1) is 0 Å². The van der Waals surface area contributed by atoms with Crippen molar-refractivity contribution >= 4 is 17.6 Å². The van der Waals surface area contributed by atoms with Crippen molar-refractivity contribution in [2.45, 2.75) is 108 Å². The maximum atomic E-state index is 12.9. The topological polar surface area (TPSA) is 151 Å². The van der Waals surface area contributed by atoms with Crippen LogP contribution in [0.4, 0.5) is 0 Å². The van der Waals surface area contributed by atoms with Crippen LogP contribution in [0, 0.1) is 35.2 Å². The number of aryl methyl sites for hydroxylation is 1. The van der Waals surface area contributed by atoms with Crippen molar-refractivity contribution < 1.29 is 34.5 Å². The van der Waals surface area contributed by atoms with E-state index in [1.807, 2.05) is 55.7 Å². The fourth-order valence-electron chi connectivity index (χ4n) is 9.01. The van der Waals surface area contributed by atoms with Crippen LogP contribution in [-0.4, -0.2) is 51.8 Å². The molecule has 1 saturated carbocycles. The molecule has 0 aromatic heterocycles.